The number of amides is 2. The van der Waals surface area contributed by atoms with E-state index >= 15 is 0 Å². The molecule has 0 aliphatic carbocycles. The number of carbonyl (C=O) groups is 1. The molecule has 2 amide bonds. The monoisotopic (exact) mass is 230 g/mol. The second-order valence-corrected chi connectivity index (χ2v) is 4.71. The van der Waals surface area contributed by atoms with Crippen LogP contribution in [0.4, 0.5) is 4.79 Å². The zero-order chi connectivity index (χ0) is 12.2. The van der Waals surface area contributed by atoms with Crippen LogP contribution in [-0.4, -0.2) is 65.9 Å². The summed E-state index contributed by atoms with van der Waals surface area (Å²) in [6, 6.07) is -0.00655. The molecule has 1 fully saturated rings. The summed E-state index contributed by atoms with van der Waals surface area (Å²) in [5, 5.41) is 9.73. The molecular weight excluding hydrogens is 208 g/mol. The molecule has 0 bridgehead atoms. The lowest BCUT2D eigenvalue weighted by atomic mass is 10.1. The third-order valence-electron chi connectivity index (χ3n) is 2.51. The van der Waals surface area contributed by atoms with Crippen molar-refractivity contribution in [3.63, 3.8) is 0 Å². The number of ether oxygens (including phenoxy) is 1. The summed E-state index contributed by atoms with van der Waals surface area (Å²) in [6.07, 6.45) is 0. The van der Waals surface area contributed by atoms with E-state index in [2.05, 4.69) is 0 Å². The Balaban J connectivity index is 2.54. The van der Waals surface area contributed by atoms with Crippen LogP contribution in [0.1, 0.15) is 20.8 Å². The van der Waals surface area contributed by atoms with Crippen molar-refractivity contribution in [1.82, 2.24) is 9.80 Å². The number of aliphatic hydroxyl groups is 1. The van der Waals surface area contributed by atoms with Gasteiger partial charge in [-0.1, -0.05) is 0 Å². The zero-order valence-electron chi connectivity index (χ0n) is 10.4. The van der Waals surface area contributed by atoms with Crippen LogP contribution in [0.3, 0.4) is 0 Å². The first-order valence-corrected chi connectivity index (χ1v) is 5.78. The predicted molar refractivity (Wildman–Crippen MR) is 61.3 cm³/mol. The predicted octanol–water partition coefficient (Wildman–Crippen LogP) is 0.531. The molecule has 5 nitrogen and oxygen atoms in total. The number of hydrogen-bond donors (Lipinski definition) is 1. The highest BCUT2D eigenvalue weighted by Gasteiger charge is 2.26. The average molecular weight is 230 g/mol. The number of urea groups is 1. The summed E-state index contributed by atoms with van der Waals surface area (Å²) in [4.78, 5) is 15.5. The molecule has 5 heteroatoms. The van der Waals surface area contributed by atoms with Crippen molar-refractivity contribution in [3.05, 3.63) is 0 Å². The molecule has 1 rings (SSSR count). The van der Waals surface area contributed by atoms with Gasteiger partial charge in [-0.25, -0.2) is 4.79 Å². The quantitative estimate of drug-likeness (QED) is 0.769. The van der Waals surface area contributed by atoms with Gasteiger partial charge in [-0.2, -0.15) is 0 Å². The van der Waals surface area contributed by atoms with Crippen LogP contribution in [-0.2, 0) is 4.74 Å². The first kappa shape index (κ1) is 13.3. The third kappa shape index (κ3) is 3.98. The van der Waals surface area contributed by atoms with E-state index < -0.39 is 5.60 Å². The molecule has 1 N–H and O–H groups in total. The Bertz CT molecular complexity index is 232. The van der Waals surface area contributed by atoms with E-state index in [1.807, 2.05) is 6.92 Å². The fourth-order valence-corrected chi connectivity index (χ4v) is 1.74. The Morgan fingerprint density at radius 3 is 2.44 bits per heavy atom. The van der Waals surface area contributed by atoms with E-state index in [1.54, 1.807) is 23.6 Å². The van der Waals surface area contributed by atoms with Crippen LogP contribution in [0.5, 0.6) is 0 Å². The Morgan fingerprint density at radius 2 is 2.00 bits per heavy atom. The van der Waals surface area contributed by atoms with Crippen molar-refractivity contribution in [2.45, 2.75) is 26.4 Å². The van der Waals surface area contributed by atoms with E-state index in [4.69, 9.17) is 4.74 Å². The van der Waals surface area contributed by atoms with Crippen molar-refractivity contribution >= 4 is 6.03 Å². The Labute approximate surface area is 97.0 Å². The minimum absolute atomic E-state index is 0.00655. The maximum atomic E-state index is 12.1. The number of carbonyl (C=O) groups excluding carboxylic acids is 1. The van der Waals surface area contributed by atoms with Crippen molar-refractivity contribution in [2.24, 2.45) is 0 Å². The van der Waals surface area contributed by atoms with Crippen LogP contribution in [0.15, 0.2) is 0 Å². The summed E-state index contributed by atoms with van der Waals surface area (Å²) in [5.74, 6) is 0. The molecule has 94 valence electrons. The minimum Gasteiger partial charge on any atom is -0.389 e. The van der Waals surface area contributed by atoms with Gasteiger partial charge in [0.1, 0.15) is 0 Å². The van der Waals surface area contributed by atoms with Crippen molar-refractivity contribution < 1.29 is 14.6 Å². The fourth-order valence-electron chi connectivity index (χ4n) is 1.74. The standard InChI is InChI=1S/C11H22N2O3/c1-4-12(9-11(2,3)15)10(14)13-5-7-16-8-6-13/h15H,4-9H2,1-3H3. The van der Waals surface area contributed by atoms with Gasteiger partial charge in [-0.15, -0.1) is 0 Å². The van der Waals surface area contributed by atoms with E-state index in [0.29, 0.717) is 39.4 Å². The van der Waals surface area contributed by atoms with E-state index in [1.165, 1.54) is 0 Å². The van der Waals surface area contributed by atoms with Crippen LogP contribution in [0, 0.1) is 0 Å². The molecule has 0 aromatic heterocycles. The Morgan fingerprint density at radius 1 is 1.44 bits per heavy atom. The van der Waals surface area contributed by atoms with Crippen molar-refractivity contribution in [3.8, 4) is 0 Å². The Kier molecular flexibility index (Phi) is 4.56. The molecular formula is C11H22N2O3. The first-order chi connectivity index (χ1) is 7.44. The molecule has 0 spiro atoms. The van der Waals surface area contributed by atoms with E-state index in [-0.39, 0.29) is 6.03 Å². The molecule has 1 aliphatic heterocycles. The van der Waals surface area contributed by atoms with Gasteiger partial charge in [0.15, 0.2) is 0 Å². The number of morpholine rings is 1. The van der Waals surface area contributed by atoms with Gasteiger partial charge in [-0.05, 0) is 20.8 Å². The van der Waals surface area contributed by atoms with Gasteiger partial charge in [0.05, 0.1) is 25.4 Å². The molecule has 0 aromatic rings. The summed E-state index contributed by atoms with van der Waals surface area (Å²) in [5.41, 5.74) is -0.849. The van der Waals surface area contributed by atoms with Crippen LogP contribution < -0.4 is 0 Å². The highest BCUT2D eigenvalue weighted by molar-refractivity contribution is 5.74. The largest absolute Gasteiger partial charge is 0.389 e. The number of likely N-dealkylation sites (N-methyl/N-ethyl adjacent to an activating group) is 1. The maximum Gasteiger partial charge on any atom is 0.320 e. The maximum absolute atomic E-state index is 12.1. The van der Waals surface area contributed by atoms with Gasteiger partial charge in [0.2, 0.25) is 0 Å². The highest BCUT2D eigenvalue weighted by Crippen LogP contribution is 2.09. The Hall–Kier alpha value is -0.810. The second kappa shape index (κ2) is 5.50. The molecule has 1 aliphatic rings. The summed E-state index contributed by atoms with van der Waals surface area (Å²) < 4.78 is 5.20. The number of nitrogens with zero attached hydrogens (tertiary/aromatic N) is 2. The minimum atomic E-state index is -0.849. The molecule has 0 atom stereocenters. The normalized spacial score (nSPS) is 17.4. The first-order valence-electron chi connectivity index (χ1n) is 5.78. The van der Waals surface area contributed by atoms with Crippen LogP contribution >= 0.6 is 0 Å². The molecule has 0 aromatic carbocycles. The topological polar surface area (TPSA) is 53.0 Å². The van der Waals surface area contributed by atoms with Crippen molar-refractivity contribution in [1.29, 1.82) is 0 Å². The number of rotatable bonds is 3. The fraction of sp³-hybridized carbons (Fsp3) is 0.909. The van der Waals surface area contributed by atoms with Crippen LogP contribution in [0.2, 0.25) is 0 Å². The highest BCUT2D eigenvalue weighted by atomic mass is 16.5. The number of hydrogen-bond acceptors (Lipinski definition) is 3. The molecule has 1 heterocycles. The second-order valence-electron chi connectivity index (χ2n) is 4.71. The van der Waals surface area contributed by atoms with Gasteiger partial charge >= 0.3 is 6.03 Å². The molecule has 0 saturated carbocycles. The lowest BCUT2D eigenvalue weighted by Crippen LogP contribution is -2.51. The van der Waals surface area contributed by atoms with Gasteiger partial charge in [0.25, 0.3) is 0 Å². The van der Waals surface area contributed by atoms with E-state index in [0.717, 1.165) is 0 Å². The molecule has 0 unspecified atom stereocenters. The smallest absolute Gasteiger partial charge is 0.320 e. The van der Waals surface area contributed by atoms with E-state index in [9.17, 15) is 9.90 Å². The molecule has 16 heavy (non-hydrogen) atoms. The molecule has 1 saturated heterocycles. The van der Waals surface area contributed by atoms with Gasteiger partial charge in [-0.3, -0.25) is 0 Å². The summed E-state index contributed by atoms with van der Waals surface area (Å²) in [7, 11) is 0. The average Bonchev–Trinajstić information content (AvgIpc) is 2.25. The van der Waals surface area contributed by atoms with Gasteiger partial charge < -0.3 is 19.6 Å². The van der Waals surface area contributed by atoms with Crippen LogP contribution in [0.25, 0.3) is 0 Å². The lowest BCUT2D eigenvalue weighted by Gasteiger charge is -2.35. The third-order valence-corrected chi connectivity index (χ3v) is 2.51. The van der Waals surface area contributed by atoms with Crippen molar-refractivity contribution in [2.75, 3.05) is 39.4 Å². The summed E-state index contributed by atoms with van der Waals surface area (Å²) >= 11 is 0. The van der Waals surface area contributed by atoms with Gasteiger partial charge in [0, 0.05) is 19.6 Å². The molecule has 0 radical (unpaired) electrons. The SMILES string of the molecule is CCN(CC(C)(C)O)C(=O)N1CCOCC1. The zero-order valence-corrected chi connectivity index (χ0v) is 10.4. The summed E-state index contributed by atoms with van der Waals surface area (Å²) in [6.45, 7) is 8.80. The lowest BCUT2D eigenvalue weighted by molar-refractivity contribution is 0.0216.